The van der Waals surface area contributed by atoms with Crippen molar-refractivity contribution >= 4 is 23.4 Å². The molecule has 1 unspecified atom stereocenters. The number of nitrogens with one attached hydrogen (secondary N) is 3. The number of anilines is 2. The second-order valence-corrected chi connectivity index (χ2v) is 6.76. The number of carbonyl (C=O) groups excluding carboxylic acids is 1. The molecular weight excluding hydrogens is 344 g/mol. The highest BCUT2D eigenvalue weighted by Gasteiger charge is 2.22. The Kier molecular flexibility index (Phi) is 5.93. The minimum Gasteiger partial charge on any atom is -0.465 e. The van der Waals surface area contributed by atoms with Crippen LogP contribution in [0.2, 0.25) is 0 Å². The van der Waals surface area contributed by atoms with Gasteiger partial charge in [0.2, 0.25) is 0 Å². The fraction of sp³-hybridized carbons (Fsp3) is 0.300. The van der Waals surface area contributed by atoms with Gasteiger partial charge in [-0.25, -0.2) is 4.79 Å². The van der Waals surface area contributed by atoms with Crippen LogP contribution < -0.4 is 21.7 Å². The first-order chi connectivity index (χ1) is 13.0. The van der Waals surface area contributed by atoms with E-state index in [9.17, 15) is 9.59 Å². The Labute approximate surface area is 158 Å². The van der Waals surface area contributed by atoms with Gasteiger partial charge in [0, 0.05) is 5.56 Å². The second-order valence-electron chi connectivity index (χ2n) is 6.76. The number of hydrogen-bond acceptors (Lipinski definition) is 4. The number of benzene rings is 2. The summed E-state index contributed by atoms with van der Waals surface area (Å²) in [5.41, 5.74) is 8.24. The summed E-state index contributed by atoms with van der Waals surface area (Å²) in [7, 11) is 0. The van der Waals surface area contributed by atoms with Gasteiger partial charge >= 0.3 is 6.09 Å². The molecule has 1 aliphatic rings. The van der Waals surface area contributed by atoms with Crippen molar-refractivity contribution in [3.63, 3.8) is 0 Å². The monoisotopic (exact) mass is 368 g/mol. The standard InChI is InChI=1S/C20H24N4O3/c21-16-3-1-2-4-17(16)23-19(25)15-7-5-14(6-8-15)18(24-20(26)27)11-13-9-10-22-12-13/h1-8,13,18,22,24H,9-12,21H2,(H,23,25)(H,26,27)/t13?,18-/m0/s1. The minimum atomic E-state index is -1.05. The molecule has 1 saturated heterocycles. The van der Waals surface area contributed by atoms with Gasteiger partial charge in [0.1, 0.15) is 0 Å². The lowest BCUT2D eigenvalue weighted by molar-refractivity contribution is 0.102. The summed E-state index contributed by atoms with van der Waals surface area (Å²) >= 11 is 0. The zero-order chi connectivity index (χ0) is 19.2. The summed E-state index contributed by atoms with van der Waals surface area (Å²) in [6.07, 6.45) is 0.717. The Morgan fingerprint density at radius 2 is 1.93 bits per heavy atom. The van der Waals surface area contributed by atoms with E-state index in [0.717, 1.165) is 31.5 Å². The van der Waals surface area contributed by atoms with Crippen LogP contribution in [-0.2, 0) is 0 Å². The smallest absolute Gasteiger partial charge is 0.405 e. The van der Waals surface area contributed by atoms with Gasteiger partial charge in [-0.05, 0) is 61.7 Å². The summed E-state index contributed by atoms with van der Waals surface area (Å²) in [4.78, 5) is 23.6. The molecule has 0 bridgehead atoms. The van der Waals surface area contributed by atoms with Crippen molar-refractivity contribution in [1.29, 1.82) is 0 Å². The van der Waals surface area contributed by atoms with Crippen LogP contribution in [0.3, 0.4) is 0 Å². The third-order valence-electron chi connectivity index (χ3n) is 4.81. The van der Waals surface area contributed by atoms with Crippen LogP contribution in [0.1, 0.15) is 34.8 Å². The van der Waals surface area contributed by atoms with Crippen LogP contribution in [0.25, 0.3) is 0 Å². The lowest BCUT2D eigenvalue weighted by atomic mass is 9.93. The Morgan fingerprint density at radius 1 is 1.19 bits per heavy atom. The first kappa shape index (κ1) is 18.7. The van der Waals surface area contributed by atoms with Gasteiger partial charge in [0.15, 0.2) is 0 Å². The normalized spacial score (nSPS) is 17.3. The fourth-order valence-electron chi connectivity index (χ4n) is 3.35. The minimum absolute atomic E-state index is 0.262. The molecule has 7 heteroatoms. The number of nitrogens with two attached hydrogens (primary N) is 1. The number of amides is 2. The van der Waals surface area contributed by atoms with E-state index in [1.807, 2.05) is 0 Å². The van der Waals surface area contributed by atoms with Crippen LogP contribution in [0.4, 0.5) is 16.2 Å². The largest absolute Gasteiger partial charge is 0.465 e. The molecule has 27 heavy (non-hydrogen) atoms. The molecule has 0 aromatic heterocycles. The van der Waals surface area contributed by atoms with Gasteiger partial charge < -0.3 is 26.8 Å². The topological polar surface area (TPSA) is 116 Å². The van der Waals surface area contributed by atoms with Gasteiger partial charge in [-0.3, -0.25) is 4.79 Å². The Bertz CT molecular complexity index is 801. The van der Waals surface area contributed by atoms with Crippen molar-refractivity contribution in [2.45, 2.75) is 18.9 Å². The van der Waals surface area contributed by atoms with Crippen molar-refractivity contribution in [2.75, 3.05) is 24.1 Å². The quantitative estimate of drug-likeness (QED) is 0.503. The van der Waals surface area contributed by atoms with Crippen LogP contribution in [0.15, 0.2) is 48.5 Å². The summed E-state index contributed by atoms with van der Waals surface area (Å²) in [6, 6.07) is 13.8. The van der Waals surface area contributed by atoms with Gasteiger partial charge in [-0.2, -0.15) is 0 Å². The van der Waals surface area contributed by atoms with Crippen LogP contribution in [0.5, 0.6) is 0 Å². The van der Waals surface area contributed by atoms with Crippen LogP contribution >= 0.6 is 0 Å². The van der Waals surface area contributed by atoms with Crippen molar-refractivity contribution < 1.29 is 14.7 Å². The maximum absolute atomic E-state index is 12.4. The summed E-state index contributed by atoms with van der Waals surface area (Å²) < 4.78 is 0. The Morgan fingerprint density at radius 3 is 2.56 bits per heavy atom. The van der Waals surface area contributed by atoms with E-state index in [1.54, 1.807) is 48.5 Å². The third kappa shape index (κ3) is 4.98. The van der Waals surface area contributed by atoms with Crippen molar-refractivity contribution in [1.82, 2.24) is 10.6 Å². The third-order valence-corrected chi connectivity index (χ3v) is 4.81. The molecule has 1 fully saturated rings. The number of nitrogen functional groups attached to an aromatic ring is 1. The lowest BCUT2D eigenvalue weighted by Crippen LogP contribution is -2.29. The molecule has 1 aliphatic heterocycles. The lowest BCUT2D eigenvalue weighted by Gasteiger charge is -2.21. The highest BCUT2D eigenvalue weighted by Crippen LogP contribution is 2.25. The summed E-state index contributed by atoms with van der Waals surface area (Å²) in [6.45, 7) is 1.86. The molecular formula is C20H24N4O3. The molecule has 0 aliphatic carbocycles. The molecule has 2 atom stereocenters. The second kappa shape index (κ2) is 8.55. The molecule has 0 spiro atoms. The van der Waals surface area contributed by atoms with Gasteiger partial charge in [-0.1, -0.05) is 24.3 Å². The summed E-state index contributed by atoms with van der Waals surface area (Å²) in [5, 5.41) is 17.8. The van der Waals surface area contributed by atoms with Gasteiger partial charge in [-0.15, -0.1) is 0 Å². The van der Waals surface area contributed by atoms with Gasteiger partial charge in [0.25, 0.3) is 5.91 Å². The molecule has 2 aromatic carbocycles. The number of carboxylic acid groups (broad SMARTS) is 1. The SMILES string of the molecule is Nc1ccccc1NC(=O)c1ccc([C@H](CC2CCNC2)NC(=O)O)cc1. The molecule has 2 amide bonds. The molecule has 6 N–H and O–H groups in total. The molecule has 3 rings (SSSR count). The molecule has 1 heterocycles. The number of hydrogen-bond donors (Lipinski definition) is 5. The number of para-hydroxylation sites is 2. The van der Waals surface area contributed by atoms with Crippen LogP contribution in [-0.4, -0.2) is 30.2 Å². The van der Waals surface area contributed by atoms with E-state index in [1.165, 1.54) is 0 Å². The van der Waals surface area contributed by atoms with E-state index in [-0.39, 0.29) is 11.9 Å². The maximum atomic E-state index is 12.4. The van der Waals surface area contributed by atoms with Crippen LogP contribution in [0, 0.1) is 5.92 Å². The van der Waals surface area contributed by atoms with E-state index in [4.69, 9.17) is 10.8 Å². The molecule has 142 valence electrons. The predicted octanol–water partition coefficient (Wildman–Crippen LogP) is 2.83. The van der Waals surface area contributed by atoms with Crippen molar-refractivity contribution in [3.05, 3.63) is 59.7 Å². The molecule has 0 saturated carbocycles. The maximum Gasteiger partial charge on any atom is 0.405 e. The fourth-order valence-corrected chi connectivity index (χ4v) is 3.35. The van der Waals surface area contributed by atoms with Gasteiger partial charge in [0.05, 0.1) is 17.4 Å². The van der Waals surface area contributed by atoms with E-state index in [2.05, 4.69) is 16.0 Å². The van der Waals surface area contributed by atoms with E-state index >= 15 is 0 Å². The Balaban J connectivity index is 1.70. The highest BCUT2D eigenvalue weighted by atomic mass is 16.4. The average Bonchev–Trinajstić information content (AvgIpc) is 3.16. The zero-order valence-electron chi connectivity index (χ0n) is 14.9. The van der Waals surface area contributed by atoms with E-state index < -0.39 is 6.09 Å². The molecule has 7 nitrogen and oxygen atoms in total. The molecule has 2 aromatic rings. The first-order valence-electron chi connectivity index (χ1n) is 8.99. The number of carbonyl (C=O) groups is 2. The van der Waals surface area contributed by atoms with Crippen molar-refractivity contribution in [3.8, 4) is 0 Å². The number of rotatable bonds is 6. The first-order valence-corrected chi connectivity index (χ1v) is 8.99. The average molecular weight is 368 g/mol. The molecule has 0 radical (unpaired) electrons. The Hall–Kier alpha value is -3.06. The highest BCUT2D eigenvalue weighted by molar-refractivity contribution is 6.05. The van der Waals surface area contributed by atoms with Crippen molar-refractivity contribution in [2.24, 2.45) is 5.92 Å². The van der Waals surface area contributed by atoms with E-state index in [0.29, 0.717) is 22.9 Å². The summed E-state index contributed by atoms with van der Waals surface area (Å²) in [5.74, 6) is 0.174. The predicted molar refractivity (Wildman–Crippen MR) is 105 cm³/mol. The zero-order valence-corrected chi connectivity index (χ0v) is 14.9.